The van der Waals surface area contributed by atoms with Crippen molar-refractivity contribution < 1.29 is 18.0 Å². The highest BCUT2D eigenvalue weighted by Crippen LogP contribution is 2.34. The lowest BCUT2D eigenvalue weighted by Crippen LogP contribution is -2.21. The summed E-state index contributed by atoms with van der Waals surface area (Å²) >= 11 is 0. The van der Waals surface area contributed by atoms with Crippen LogP contribution in [0.2, 0.25) is 0 Å². The van der Waals surface area contributed by atoms with E-state index in [-0.39, 0.29) is 5.69 Å². The Labute approximate surface area is 112 Å². The molecular formula is C12H11F3N4O. The van der Waals surface area contributed by atoms with Gasteiger partial charge in [-0.1, -0.05) is 0 Å². The molecule has 0 aliphatic carbocycles. The predicted octanol–water partition coefficient (Wildman–Crippen LogP) is 2.00. The van der Waals surface area contributed by atoms with Gasteiger partial charge in [-0.2, -0.15) is 18.3 Å². The molecule has 0 bridgehead atoms. The lowest BCUT2D eigenvalue weighted by molar-refractivity contribution is -0.143. The normalized spacial score (nSPS) is 11.7. The first-order valence-corrected chi connectivity index (χ1v) is 5.61. The van der Waals surface area contributed by atoms with Crippen molar-refractivity contribution in [2.24, 2.45) is 5.73 Å². The zero-order valence-electron chi connectivity index (χ0n) is 10.7. The standard InChI is InChI=1S/C12H11F3N4O/c1-6-7(2)17-4-3-9(6)19-10(12(13,14)15)8(5-18-19)11(16)20/h3-5H,1-2H3,(H2,16,20). The van der Waals surface area contributed by atoms with E-state index in [4.69, 9.17) is 5.73 Å². The first-order valence-electron chi connectivity index (χ1n) is 5.61. The van der Waals surface area contributed by atoms with Crippen LogP contribution in [0.5, 0.6) is 0 Å². The molecule has 20 heavy (non-hydrogen) atoms. The highest BCUT2D eigenvalue weighted by molar-refractivity contribution is 5.94. The van der Waals surface area contributed by atoms with E-state index < -0.39 is 23.3 Å². The Balaban J connectivity index is 2.76. The number of alkyl halides is 3. The summed E-state index contributed by atoms with van der Waals surface area (Å²) in [7, 11) is 0. The Morgan fingerprint density at radius 1 is 1.35 bits per heavy atom. The summed E-state index contributed by atoms with van der Waals surface area (Å²) in [5.41, 5.74) is 4.44. The summed E-state index contributed by atoms with van der Waals surface area (Å²) < 4.78 is 40.1. The molecule has 1 amide bonds. The fourth-order valence-corrected chi connectivity index (χ4v) is 1.84. The maximum atomic E-state index is 13.1. The van der Waals surface area contributed by atoms with Crippen LogP contribution in [0.3, 0.4) is 0 Å². The van der Waals surface area contributed by atoms with Gasteiger partial charge in [0.25, 0.3) is 5.91 Å². The fourth-order valence-electron chi connectivity index (χ4n) is 1.84. The highest BCUT2D eigenvalue weighted by atomic mass is 19.4. The summed E-state index contributed by atoms with van der Waals surface area (Å²) in [6.45, 7) is 3.30. The lowest BCUT2D eigenvalue weighted by atomic mass is 10.1. The molecule has 8 heteroatoms. The minimum Gasteiger partial charge on any atom is -0.365 e. The Kier molecular flexibility index (Phi) is 3.24. The molecule has 0 aliphatic heterocycles. The number of primary amides is 1. The average molecular weight is 284 g/mol. The lowest BCUT2D eigenvalue weighted by Gasteiger charge is -2.14. The summed E-state index contributed by atoms with van der Waals surface area (Å²) in [5.74, 6) is -1.17. The van der Waals surface area contributed by atoms with E-state index in [0.717, 1.165) is 6.20 Å². The molecule has 106 valence electrons. The number of pyridine rings is 1. The van der Waals surface area contributed by atoms with E-state index in [2.05, 4.69) is 10.1 Å². The summed E-state index contributed by atoms with van der Waals surface area (Å²) in [6.07, 6.45) is -2.55. The van der Waals surface area contributed by atoms with Crippen molar-refractivity contribution in [3.8, 4) is 5.69 Å². The van der Waals surface area contributed by atoms with Gasteiger partial charge in [0.2, 0.25) is 0 Å². The number of aromatic nitrogens is 3. The Bertz CT molecular complexity index is 676. The molecule has 0 unspecified atom stereocenters. The van der Waals surface area contributed by atoms with E-state index in [1.54, 1.807) is 13.8 Å². The van der Waals surface area contributed by atoms with E-state index in [9.17, 15) is 18.0 Å². The van der Waals surface area contributed by atoms with Crippen LogP contribution in [0, 0.1) is 13.8 Å². The van der Waals surface area contributed by atoms with Crippen molar-refractivity contribution in [1.29, 1.82) is 0 Å². The van der Waals surface area contributed by atoms with Gasteiger partial charge in [0, 0.05) is 11.9 Å². The number of carbonyl (C=O) groups is 1. The van der Waals surface area contributed by atoms with Gasteiger partial charge in [0.05, 0.1) is 17.4 Å². The molecule has 0 saturated carbocycles. The van der Waals surface area contributed by atoms with Crippen LogP contribution >= 0.6 is 0 Å². The van der Waals surface area contributed by atoms with Gasteiger partial charge in [0.15, 0.2) is 5.69 Å². The van der Waals surface area contributed by atoms with Crippen molar-refractivity contribution in [2.75, 3.05) is 0 Å². The molecule has 0 saturated heterocycles. The number of hydrogen-bond donors (Lipinski definition) is 1. The Morgan fingerprint density at radius 3 is 2.55 bits per heavy atom. The molecule has 5 nitrogen and oxygen atoms in total. The average Bonchev–Trinajstić information content (AvgIpc) is 2.77. The summed E-state index contributed by atoms with van der Waals surface area (Å²) in [4.78, 5) is 15.1. The van der Waals surface area contributed by atoms with E-state index in [0.29, 0.717) is 15.9 Å². The number of hydrogen-bond acceptors (Lipinski definition) is 3. The number of carbonyl (C=O) groups excluding carboxylic acids is 1. The van der Waals surface area contributed by atoms with Gasteiger partial charge in [-0.15, -0.1) is 0 Å². The predicted molar refractivity (Wildman–Crippen MR) is 64.4 cm³/mol. The monoisotopic (exact) mass is 284 g/mol. The molecule has 0 spiro atoms. The number of halogens is 3. The number of nitrogens with two attached hydrogens (primary N) is 1. The zero-order valence-corrected chi connectivity index (χ0v) is 10.7. The quantitative estimate of drug-likeness (QED) is 0.916. The molecule has 0 fully saturated rings. The van der Waals surface area contributed by atoms with Gasteiger partial charge in [-0.05, 0) is 25.5 Å². The summed E-state index contributed by atoms with van der Waals surface area (Å²) in [5, 5.41) is 3.64. The Hall–Kier alpha value is -2.38. The van der Waals surface area contributed by atoms with Crippen molar-refractivity contribution in [3.05, 3.63) is 41.0 Å². The molecule has 0 aliphatic rings. The second-order valence-corrected chi connectivity index (χ2v) is 4.22. The van der Waals surface area contributed by atoms with Crippen LogP contribution < -0.4 is 5.73 Å². The second-order valence-electron chi connectivity index (χ2n) is 4.22. The maximum Gasteiger partial charge on any atom is 0.434 e. The Morgan fingerprint density at radius 2 is 2.00 bits per heavy atom. The molecule has 0 radical (unpaired) electrons. The number of amides is 1. The fraction of sp³-hybridized carbons (Fsp3) is 0.250. The minimum absolute atomic E-state index is 0.206. The molecule has 2 rings (SSSR count). The van der Waals surface area contributed by atoms with Crippen LogP contribution in [0.15, 0.2) is 18.5 Å². The van der Waals surface area contributed by atoms with Gasteiger partial charge in [-0.25, -0.2) is 4.68 Å². The third-order valence-electron chi connectivity index (χ3n) is 2.96. The molecular weight excluding hydrogens is 273 g/mol. The molecule has 0 atom stereocenters. The number of aryl methyl sites for hydroxylation is 1. The van der Waals surface area contributed by atoms with E-state index >= 15 is 0 Å². The molecule has 0 aromatic carbocycles. The molecule has 2 aromatic heterocycles. The van der Waals surface area contributed by atoms with Crippen molar-refractivity contribution >= 4 is 5.91 Å². The van der Waals surface area contributed by atoms with Crippen LogP contribution in [0.4, 0.5) is 13.2 Å². The van der Waals surface area contributed by atoms with Gasteiger partial charge in [-0.3, -0.25) is 9.78 Å². The van der Waals surface area contributed by atoms with Crippen molar-refractivity contribution in [1.82, 2.24) is 14.8 Å². The third kappa shape index (κ3) is 2.24. The smallest absolute Gasteiger partial charge is 0.365 e. The van der Waals surface area contributed by atoms with Gasteiger partial charge in [0.1, 0.15) is 0 Å². The first kappa shape index (κ1) is 14.0. The van der Waals surface area contributed by atoms with Crippen molar-refractivity contribution in [2.45, 2.75) is 20.0 Å². The van der Waals surface area contributed by atoms with Crippen LogP contribution in [0.25, 0.3) is 5.69 Å². The second kappa shape index (κ2) is 4.62. The van der Waals surface area contributed by atoms with Crippen molar-refractivity contribution in [3.63, 3.8) is 0 Å². The van der Waals surface area contributed by atoms with E-state index in [1.807, 2.05) is 0 Å². The SMILES string of the molecule is Cc1nccc(-n2ncc(C(N)=O)c2C(F)(F)F)c1C. The highest BCUT2D eigenvalue weighted by Gasteiger charge is 2.40. The minimum atomic E-state index is -4.75. The molecule has 2 N–H and O–H groups in total. The first-order chi connectivity index (χ1) is 9.23. The van der Waals surface area contributed by atoms with Crippen LogP contribution in [0.1, 0.15) is 27.3 Å². The van der Waals surface area contributed by atoms with E-state index in [1.165, 1.54) is 12.3 Å². The molecule has 2 heterocycles. The van der Waals surface area contributed by atoms with Crippen LogP contribution in [-0.4, -0.2) is 20.7 Å². The molecule has 2 aromatic rings. The largest absolute Gasteiger partial charge is 0.434 e. The summed E-state index contributed by atoms with van der Waals surface area (Å²) in [6, 6.07) is 1.40. The topological polar surface area (TPSA) is 73.8 Å². The zero-order chi connectivity index (χ0) is 15.1. The third-order valence-corrected chi connectivity index (χ3v) is 2.96. The number of nitrogens with zero attached hydrogens (tertiary/aromatic N) is 3. The van der Waals surface area contributed by atoms with Gasteiger partial charge >= 0.3 is 6.18 Å². The van der Waals surface area contributed by atoms with Gasteiger partial charge < -0.3 is 5.73 Å². The number of rotatable bonds is 2. The van der Waals surface area contributed by atoms with Crippen LogP contribution in [-0.2, 0) is 6.18 Å². The maximum absolute atomic E-state index is 13.1.